The fraction of sp³-hybridized carbons (Fsp3) is 0.167. The van der Waals surface area contributed by atoms with E-state index in [0.717, 1.165) is 38.1 Å². The summed E-state index contributed by atoms with van der Waals surface area (Å²) in [5.41, 5.74) is 8.68. The van der Waals surface area contributed by atoms with Crippen molar-refractivity contribution in [1.29, 1.82) is 0 Å². The van der Waals surface area contributed by atoms with E-state index in [1.807, 2.05) is 24.3 Å². The number of H-pyrrole nitrogens is 1. The van der Waals surface area contributed by atoms with E-state index in [-0.39, 0.29) is 22.1 Å². The van der Waals surface area contributed by atoms with Gasteiger partial charge in [0.1, 0.15) is 11.6 Å². The van der Waals surface area contributed by atoms with Crippen LogP contribution in [0.15, 0.2) is 59.5 Å². The Hall–Kier alpha value is -3.78. The number of hydrogen-bond donors (Lipinski definition) is 3. The lowest BCUT2D eigenvalue weighted by atomic mass is 9.98. The summed E-state index contributed by atoms with van der Waals surface area (Å²) in [5, 5.41) is 3.71. The van der Waals surface area contributed by atoms with Gasteiger partial charge in [-0.05, 0) is 41.5 Å². The van der Waals surface area contributed by atoms with Crippen molar-refractivity contribution in [2.45, 2.75) is 0 Å². The lowest BCUT2D eigenvalue weighted by Gasteiger charge is -2.29. The minimum Gasteiger partial charge on any atom is -0.383 e. The molecule has 1 aliphatic rings. The molecule has 5 rings (SSSR count). The van der Waals surface area contributed by atoms with Crippen LogP contribution < -0.4 is 21.5 Å². The average molecular weight is 433 g/mol. The van der Waals surface area contributed by atoms with Gasteiger partial charge in [-0.1, -0.05) is 18.2 Å². The van der Waals surface area contributed by atoms with Crippen molar-refractivity contribution in [2.75, 3.05) is 36.8 Å². The van der Waals surface area contributed by atoms with Crippen LogP contribution in [0, 0.1) is 11.8 Å². The van der Waals surface area contributed by atoms with Crippen LogP contribution in [0.3, 0.4) is 0 Å². The van der Waals surface area contributed by atoms with Crippen molar-refractivity contribution in [3.63, 3.8) is 0 Å². The van der Waals surface area contributed by atoms with Gasteiger partial charge in [0.25, 0.3) is 5.56 Å². The van der Waals surface area contributed by atoms with Crippen LogP contribution in [-0.2, 0) is 0 Å². The molecule has 1 aliphatic heterocycles. The molecule has 0 radical (unpaired) electrons. The predicted octanol–water partition coefficient (Wildman–Crippen LogP) is 3.53. The standard InChI is InChI=1S/C24H21F2N5O/c25-21-13-29-24(32)17-6-3-15(11-20(17)21)19-12-18(22(26)30-23(19)27)14-1-4-16(5-2-14)31-9-7-28-8-10-31/h1-6,11-13,28H,7-10H2,(H2,27,30)(H,29,32). The monoisotopic (exact) mass is 433 g/mol. The third-order valence-electron chi connectivity index (χ3n) is 5.83. The minimum absolute atomic E-state index is 0.00622. The van der Waals surface area contributed by atoms with Gasteiger partial charge in [0.15, 0.2) is 0 Å². The maximum Gasteiger partial charge on any atom is 0.256 e. The van der Waals surface area contributed by atoms with Crippen LogP contribution in [0.2, 0.25) is 0 Å². The maximum atomic E-state index is 14.7. The summed E-state index contributed by atoms with van der Waals surface area (Å²) in [5.74, 6) is -1.24. The van der Waals surface area contributed by atoms with Crippen LogP contribution in [0.4, 0.5) is 20.3 Å². The average Bonchev–Trinajstić information content (AvgIpc) is 2.82. The van der Waals surface area contributed by atoms with Gasteiger partial charge in [-0.25, -0.2) is 9.37 Å². The zero-order valence-electron chi connectivity index (χ0n) is 17.2. The Labute approximate surface area is 182 Å². The number of halogens is 2. The highest BCUT2D eigenvalue weighted by Gasteiger charge is 2.16. The van der Waals surface area contributed by atoms with Crippen LogP contribution in [0.5, 0.6) is 0 Å². The summed E-state index contributed by atoms with van der Waals surface area (Å²) in [7, 11) is 0. The Kier molecular flexibility index (Phi) is 5.07. The van der Waals surface area contributed by atoms with E-state index in [9.17, 15) is 13.6 Å². The van der Waals surface area contributed by atoms with Gasteiger partial charge in [-0.15, -0.1) is 0 Å². The molecule has 0 unspecified atom stereocenters. The Balaban J connectivity index is 1.56. The van der Waals surface area contributed by atoms with Gasteiger partial charge in [0, 0.05) is 60.0 Å². The first kappa shape index (κ1) is 20.1. The summed E-state index contributed by atoms with van der Waals surface area (Å²) < 4.78 is 29.0. The molecule has 6 nitrogen and oxygen atoms in total. The van der Waals surface area contributed by atoms with E-state index < -0.39 is 11.8 Å². The van der Waals surface area contributed by atoms with E-state index in [2.05, 4.69) is 20.2 Å². The number of pyridine rings is 2. The Morgan fingerprint density at radius 1 is 0.906 bits per heavy atom. The van der Waals surface area contributed by atoms with Crippen LogP contribution in [0.25, 0.3) is 33.0 Å². The van der Waals surface area contributed by atoms with Gasteiger partial charge in [0.2, 0.25) is 5.95 Å². The number of anilines is 2. The van der Waals surface area contributed by atoms with Gasteiger partial charge < -0.3 is 20.9 Å². The summed E-state index contributed by atoms with van der Waals surface area (Å²) in [6, 6.07) is 14.0. The molecule has 0 atom stereocenters. The van der Waals surface area contributed by atoms with Crippen molar-refractivity contribution in [1.82, 2.24) is 15.3 Å². The second kappa shape index (κ2) is 8.05. The molecule has 4 N–H and O–H groups in total. The molecular formula is C24H21F2N5O. The lowest BCUT2D eigenvalue weighted by Crippen LogP contribution is -2.43. The van der Waals surface area contributed by atoms with Crippen molar-refractivity contribution in [3.8, 4) is 22.3 Å². The van der Waals surface area contributed by atoms with Crippen molar-refractivity contribution in [2.24, 2.45) is 0 Å². The van der Waals surface area contributed by atoms with Gasteiger partial charge >= 0.3 is 0 Å². The van der Waals surface area contributed by atoms with Crippen LogP contribution in [0.1, 0.15) is 0 Å². The molecule has 0 aliphatic carbocycles. The molecule has 32 heavy (non-hydrogen) atoms. The van der Waals surface area contributed by atoms with E-state index in [4.69, 9.17) is 5.73 Å². The number of aromatic nitrogens is 2. The van der Waals surface area contributed by atoms with Gasteiger partial charge in [-0.3, -0.25) is 4.79 Å². The number of nitrogens with one attached hydrogen (secondary N) is 2. The largest absolute Gasteiger partial charge is 0.383 e. The number of nitrogens with two attached hydrogens (primary N) is 1. The first-order valence-corrected chi connectivity index (χ1v) is 10.3. The minimum atomic E-state index is -0.676. The highest BCUT2D eigenvalue weighted by molar-refractivity contribution is 5.89. The van der Waals surface area contributed by atoms with E-state index >= 15 is 0 Å². The zero-order valence-corrected chi connectivity index (χ0v) is 17.2. The number of rotatable bonds is 3. The number of fused-ring (bicyclic) bond motifs is 1. The van der Waals surface area contributed by atoms with Crippen molar-refractivity contribution < 1.29 is 8.78 Å². The SMILES string of the molecule is Nc1nc(F)c(-c2ccc(N3CCNCC3)cc2)cc1-c1ccc2c(=O)[nH]cc(F)c2c1. The zero-order chi connectivity index (χ0) is 22.2. The first-order chi connectivity index (χ1) is 15.5. The van der Waals surface area contributed by atoms with Crippen LogP contribution >= 0.6 is 0 Å². The molecule has 0 amide bonds. The van der Waals surface area contributed by atoms with Crippen molar-refractivity contribution in [3.05, 3.63) is 76.8 Å². The lowest BCUT2D eigenvalue weighted by molar-refractivity contribution is 0.588. The number of hydrogen-bond acceptors (Lipinski definition) is 5. The maximum absolute atomic E-state index is 14.7. The molecule has 0 bridgehead atoms. The topological polar surface area (TPSA) is 87.0 Å². The second-order valence-corrected chi connectivity index (χ2v) is 7.77. The molecule has 2 aromatic heterocycles. The fourth-order valence-electron chi connectivity index (χ4n) is 4.10. The molecule has 8 heteroatoms. The number of nitrogen functional groups attached to an aromatic ring is 1. The number of aromatic amines is 1. The number of benzene rings is 2. The molecule has 162 valence electrons. The van der Waals surface area contributed by atoms with Gasteiger partial charge in [-0.2, -0.15) is 4.39 Å². The molecule has 4 aromatic rings. The quantitative estimate of drug-likeness (QED) is 0.431. The highest BCUT2D eigenvalue weighted by Crippen LogP contribution is 2.33. The van der Waals surface area contributed by atoms with Gasteiger partial charge in [0.05, 0.1) is 0 Å². The molecule has 1 saturated heterocycles. The molecule has 0 saturated carbocycles. The Morgan fingerprint density at radius 3 is 2.38 bits per heavy atom. The fourth-order valence-corrected chi connectivity index (χ4v) is 4.10. The van der Waals surface area contributed by atoms with Crippen molar-refractivity contribution >= 4 is 22.3 Å². The second-order valence-electron chi connectivity index (χ2n) is 7.77. The van der Waals surface area contributed by atoms with E-state index in [1.165, 1.54) is 12.1 Å². The summed E-state index contributed by atoms with van der Waals surface area (Å²) in [4.78, 5) is 20.5. The van der Waals surface area contributed by atoms with E-state index in [1.54, 1.807) is 12.1 Å². The molecule has 3 heterocycles. The normalized spacial score (nSPS) is 14.1. The van der Waals surface area contributed by atoms with Crippen LogP contribution in [-0.4, -0.2) is 36.1 Å². The molecule has 0 spiro atoms. The predicted molar refractivity (Wildman–Crippen MR) is 123 cm³/mol. The van der Waals surface area contributed by atoms with E-state index in [0.29, 0.717) is 22.3 Å². The number of piperazine rings is 1. The summed E-state index contributed by atoms with van der Waals surface area (Å²) in [6.07, 6.45) is 1.02. The third-order valence-corrected chi connectivity index (χ3v) is 5.83. The summed E-state index contributed by atoms with van der Waals surface area (Å²) in [6.45, 7) is 3.70. The third kappa shape index (κ3) is 3.58. The molecule has 1 fully saturated rings. The first-order valence-electron chi connectivity index (χ1n) is 10.3. The number of nitrogens with zero attached hydrogens (tertiary/aromatic N) is 2. The summed E-state index contributed by atoms with van der Waals surface area (Å²) >= 11 is 0. The highest BCUT2D eigenvalue weighted by atomic mass is 19.1. The molecular weight excluding hydrogens is 412 g/mol. The Morgan fingerprint density at radius 2 is 1.62 bits per heavy atom. The Bertz CT molecular complexity index is 1360. The molecule has 2 aromatic carbocycles. The smallest absolute Gasteiger partial charge is 0.256 e.